The highest BCUT2D eigenvalue weighted by molar-refractivity contribution is 5.97. The lowest BCUT2D eigenvalue weighted by Gasteiger charge is -2.08. The molecule has 0 unspecified atom stereocenters. The number of ether oxygens (including phenoxy) is 2. The molecule has 7 heteroatoms. The van der Waals surface area contributed by atoms with Gasteiger partial charge in [-0.25, -0.2) is 5.43 Å². The Hall–Kier alpha value is -3.35. The van der Waals surface area contributed by atoms with Crippen molar-refractivity contribution in [1.29, 1.82) is 0 Å². The summed E-state index contributed by atoms with van der Waals surface area (Å²) < 4.78 is 10.1. The summed E-state index contributed by atoms with van der Waals surface area (Å²) in [6.45, 7) is 1.29. The summed E-state index contributed by atoms with van der Waals surface area (Å²) in [6, 6.07) is 11.0. The number of phenols is 1. The number of carbonyl (C=O) groups is 2. The van der Waals surface area contributed by atoms with E-state index in [0.29, 0.717) is 17.1 Å². The van der Waals surface area contributed by atoms with E-state index in [1.807, 2.05) is 0 Å². The summed E-state index contributed by atoms with van der Waals surface area (Å²) in [6.07, 6.45) is 1.40. The zero-order valence-corrected chi connectivity index (χ0v) is 13.1. The molecule has 7 nitrogen and oxygen atoms in total. The van der Waals surface area contributed by atoms with Crippen LogP contribution >= 0.6 is 0 Å². The molecule has 0 aliphatic rings. The summed E-state index contributed by atoms with van der Waals surface area (Å²) in [5, 5.41) is 13.4. The number of hydrazone groups is 1. The molecule has 0 fully saturated rings. The fourth-order valence-corrected chi connectivity index (χ4v) is 1.89. The van der Waals surface area contributed by atoms with E-state index >= 15 is 0 Å². The van der Waals surface area contributed by atoms with E-state index in [1.54, 1.807) is 30.3 Å². The van der Waals surface area contributed by atoms with Crippen LogP contribution in [0, 0.1) is 0 Å². The molecule has 0 atom stereocenters. The molecule has 1 amide bonds. The van der Waals surface area contributed by atoms with Crippen LogP contribution in [-0.2, 0) is 4.79 Å². The third-order valence-electron chi connectivity index (χ3n) is 2.97. The van der Waals surface area contributed by atoms with Gasteiger partial charge in [0.1, 0.15) is 5.75 Å². The molecule has 2 rings (SSSR count). The van der Waals surface area contributed by atoms with Gasteiger partial charge in [-0.1, -0.05) is 12.1 Å². The van der Waals surface area contributed by atoms with Gasteiger partial charge in [0.2, 0.25) is 0 Å². The summed E-state index contributed by atoms with van der Waals surface area (Å²) in [5.74, 6) is -0.461. The second kappa shape index (κ2) is 7.77. The van der Waals surface area contributed by atoms with Crippen molar-refractivity contribution in [2.75, 3.05) is 7.11 Å². The van der Waals surface area contributed by atoms with Crippen LogP contribution in [0.25, 0.3) is 0 Å². The third kappa shape index (κ3) is 4.33. The Labute approximate surface area is 138 Å². The van der Waals surface area contributed by atoms with Gasteiger partial charge in [0.25, 0.3) is 5.91 Å². The first-order chi connectivity index (χ1) is 11.5. The molecule has 2 aromatic carbocycles. The van der Waals surface area contributed by atoms with Crippen molar-refractivity contribution in [2.24, 2.45) is 5.10 Å². The lowest BCUT2D eigenvalue weighted by Crippen LogP contribution is -2.17. The van der Waals surface area contributed by atoms with E-state index in [-0.39, 0.29) is 11.3 Å². The van der Waals surface area contributed by atoms with E-state index in [0.717, 1.165) is 0 Å². The van der Waals surface area contributed by atoms with Crippen LogP contribution in [0.1, 0.15) is 22.8 Å². The number of methoxy groups -OCH3 is 1. The number of hydrogen-bond acceptors (Lipinski definition) is 6. The van der Waals surface area contributed by atoms with E-state index in [1.165, 1.54) is 32.4 Å². The molecule has 0 saturated carbocycles. The maximum atomic E-state index is 11.9. The van der Waals surface area contributed by atoms with Crippen molar-refractivity contribution in [3.63, 3.8) is 0 Å². The zero-order chi connectivity index (χ0) is 17.5. The maximum Gasteiger partial charge on any atom is 0.308 e. The van der Waals surface area contributed by atoms with Crippen molar-refractivity contribution >= 4 is 18.1 Å². The maximum absolute atomic E-state index is 11.9. The Morgan fingerprint density at radius 1 is 1.17 bits per heavy atom. The number of phenolic OH excluding ortho intramolecular Hbond substituents is 1. The second-order valence-corrected chi connectivity index (χ2v) is 4.72. The van der Waals surface area contributed by atoms with Crippen molar-refractivity contribution in [2.45, 2.75) is 6.92 Å². The molecule has 0 bridgehead atoms. The van der Waals surface area contributed by atoms with Crippen LogP contribution in [0.3, 0.4) is 0 Å². The van der Waals surface area contributed by atoms with Gasteiger partial charge in [0.05, 0.1) is 18.9 Å². The van der Waals surface area contributed by atoms with Crippen LogP contribution in [0.2, 0.25) is 0 Å². The highest BCUT2D eigenvalue weighted by atomic mass is 16.6. The average Bonchev–Trinajstić information content (AvgIpc) is 2.56. The molecule has 0 aliphatic heterocycles. The molecule has 2 aromatic rings. The number of benzene rings is 2. The molecular weight excluding hydrogens is 312 g/mol. The molecule has 0 radical (unpaired) electrons. The summed E-state index contributed by atoms with van der Waals surface area (Å²) >= 11 is 0. The Balaban J connectivity index is 2.08. The lowest BCUT2D eigenvalue weighted by molar-refractivity contribution is -0.132. The van der Waals surface area contributed by atoms with Crippen LogP contribution in [0.5, 0.6) is 17.2 Å². The first kappa shape index (κ1) is 17.0. The number of para-hydroxylation sites is 1. The standard InChI is InChI=1S/C17H16N2O5/c1-11(20)24-15-8-7-12(9-16(15)23-2)10-18-19-17(22)13-5-3-4-6-14(13)21/h3-10,21H,1-2H3,(H,19,22). The molecule has 0 aliphatic carbocycles. The van der Waals surface area contributed by atoms with E-state index in [9.17, 15) is 14.7 Å². The van der Waals surface area contributed by atoms with Crippen LogP contribution in [0.4, 0.5) is 0 Å². The fraction of sp³-hybridized carbons (Fsp3) is 0.118. The van der Waals surface area contributed by atoms with Gasteiger partial charge < -0.3 is 14.6 Å². The molecule has 0 heterocycles. The highest BCUT2D eigenvalue weighted by Crippen LogP contribution is 2.27. The number of nitrogens with one attached hydrogen (secondary N) is 1. The second-order valence-electron chi connectivity index (χ2n) is 4.72. The minimum Gasteiger partial charge on any atom is -0.507 e. The molecule has 0 spiro atoms. The molecular formula is C17H16N2O5. The summed E-state index contributed by atoms with van der Waals surface area (Å²) in [7, 11) is 1.45. The van der Waals surface area contributed by atoms with E-state index in [2.05, 4.69) is 10.5 Å². The van der Waals surface area contributed by atoms with Crippen molar-refractivity contribution in [3.05, 3.63) is 53.6 Å². The zero-order valence-electron chi connectivity index (χ0n) is 13.1. The molecule has 0 saturated heterocycles. The van der Waals surface area contributed by atoms with Gasteiger partial charge in [-0.05, 0) is 35.9 Å². The molecule has 0 aromatic heterocycles. The Kier molecular flexibility index (Phi) is 5.51. The minimum absolute atomic E-state index is 0.123. The number of nitrogens with zero attached hydrogens (tertiary/aromatic N) is 1. The fourth-order valence-electron chi connectivity index (χ4n) is 1.89. The Morgan fingerprint density at radius 2 is 1.92 bits per heavy atom. The number of carbonyl (C=O) groups excluding carboxylic acids is 2. The third-order valence-corrected chi connectivity index (χ3v) is 2.97. The van der Waals surface area contributed by atoms with E-state index in [4.69, 9.17) is 9.47 Å². The Bertz CT molecular complexity index is 786. The van der Waals surface area contributed by atoms with E-state index < -0.39 is 11.9 Å². The number of aromatic hydroxyl groups is 1. The largest absolute Gasteiger partial charge is 0.507 e. The number of rotatable bonds is 5. The average molecular weight is 328 g/mol. The van der Waals surface area contributed by atoms with Crippen LogP contribution < -0.4 is 14.9 Å². The van der Waals surface area contributed by atoms with Gasteiger partial charge in [-0.15, -0.1) is 0 Å². The van der Waals surface area contributed by atoms with Crippen LogP contribution in [0.15, 0.2) is 47.6 Å². The smallest absolute Gasteiger partial charge is 0.308 e. The minimum atomic E-state index is -0.534. The quantitative estimate of drug-likeness (QED) is 0.379. The topological polar surface area (TPSA) is 97.2 Å². The number of amides is 1. The number of esters is 1. The van der Waals surface area contributed by atoms with Gasteiger partial charge in [-0.2, -0.15) is 5.10 Å². The normalized spacial score (nSPS) is 10.4. The van der Waals surface area contributed by atoms with Gasteiger partial charge in [0.15, 0.2) is 11.5 Å². The molecule has 124 valence electrons. The van der Waals surface area contributed by atoms with Crippen molar-refractivity contribution in [1.82, 2.24) is 5.43 Å². The van der Waals surface area contributed by atoms with Gasteiger partial charge >= 0.3 is 5.97 Å². The van der Waals surface area contributed by atoms with Gasteiger partial charge in [0, 0.05) is 6.92 Å². The van der Waals surface area contributed by atoms with Crippen molar-refractivity contribution in [3.8, 4) is 17.2 Å². The first-order valence-electron chi connectivity index (χ1n) is 6.99. The monoisotopic (exact) mass is 328 g/mol. The number of hydrogen-bond donors (Lipinski definition) is 2. The lowest BCUT2D eigenvalue weighted by atomic mass is 10.2. The summed E-state index contributed by atoms with van der Waals surface area (Å²) in [5.41, 5.74) is 3.06. The molecule has 24 heavy (non-hydrogen) atoms. The Morgan fingerprint density at radius 3 is 2.58 bits per heavy atom. The predicted molar refractivity (Wildman–Crippen MR) is 87.5 cm³/mol. The van der Waals surface area contributed by atoms with Crippen LogP contribution in [-0.4, -0.2) is 30.3 Å². The summed E-state index contributed by atoms with van der Waals surface area (Å²) in [4.78, 5) is 22.9. The SMILES string of the molecule is COc1cc(C=NNC(=O)c2ccccc2O)ccc1OC(C)=O. The highest BCUT2D eigenvalue weighted by Gasteiger charge is 2.09. The first-order valence-corrected chi connectivity index (χ1v) is 6.99. The predicted octanol–water partition coefficient (Wildman–Crippen LogP) is 2.09. The van der Waals surface area contributed by atoms with Gasteiger partial charge in [-0.3, -0.25) is 9.59 Å². The molecule has 2 N–H and O–H groups in total. The van der Waals surface area contributed by atoms with Crippen molar-refractivity contribution < 1.29 is 24.2 Å².